The van der Waals surface area contributed by atoms with Gasteiger partial charge in [0.2, 0.25) is 10.0 Å². The lowest BCUT2D eigenvalue weighted by Gasteiger charge is -2.25. The van der Waals surface area contributed by atoms with E-state index in [2.05, 4.69) is 0 Å². The number of aryl methyl sites for hydroxylation is 1. The summed E-state index contributed by atoms with van der Waals surface area (Å²) in [5, 5.41) is 0. The van der Waals surface area contributed by atoms with Gasteiger partial charge in [-0.05, 0) is 24.8 Å². The Morgan fingerprint density at radius 2 is 1.71 bits per heavy atom. The summed E-state index contributed by atoms with van der Waals surface area (Å²) >= 11 is 5.89. The first-order valence-electron chi connectivity index (χ1n) is 7.47. The van der Waals surface area contributed by atoms with Gasteiger partial charge in [-0.2, -0.15) is 4.31 Å². The van der Waals surface area contributed by atoms with Crippen LogP contribution in [0.2, 0.25) is 0 Å². The summed E-state index contributed by atoms with van der Waals surface area (Å²) < 4.78 is 29.2. The first-order chi connectivity index (χ1) is 9.72. The molecule has 0 aromatic carbocycles. The van der Waals surface area contributed by atoms with E-state index in [0.29, 0.717) is 42.2 Å². The third kappa shape index (κ3) is 4.73. The minimum Gasteiger partial charge on any atom is -0.349 e. The molecular weight excluding hydrogens is 308 g/mol. The van der Waals surface area contributed by atoms with Gasteiger partial charge in [-0.3, -0.25) is 0 Å². The third-order valence-corrected chi connectivity index (χ3v) is 5.28. The molecule has 0 bridgehead atoms. The molecule has 6 heteroatoms. The Kier molecular flexibility index (Phi) is 6.75. The molecule has 0 aliphatic heterocycles. The molecule has 0 aliphatic carbocycles. The van der Waals surface area contributed by atoms with Crippen LogP contribution in [0.3, 0.4) is 0 Å². The second kappa shape index (κ2) is 7.65. The Balaban J connectivity index is 3.18. The number of halogens is 1. The summed E-state index contributed by atoms with van der Waals surface area (Å²) in [6.07, 6.45) is 1.70. The van der Waals surface area contributed by atoms with Crippen molar-refractivity contribution in [2.24, 2.45) is 11.8 Å². The highest BCUT2D eigenvalue weighted by Crippen LogP contribution is 2.22. The average molecular weight is 335 g/mol. The van der Waals surface area contributed by atoms with E-state index in [1.165, 1.54) is 0 Å². The van der Waals surface area contributed by atoms with E-state index in [1.54, 1.807) is 16.6 Å². The van der Waals surface area contributed by atoms with Crippen LogP contribution in [0.5, 0.6) is 0 Å². The van der Waals surface area contributed by atoms with E-state index in [9.17, 15) is 8.42 Å². The van der Waals surface area contributed by atoms with E-state index >= 15 is 0 Å². The minimum absolute atomic E-state index is 0.291. The fourth-order valence-electron chi connectivity index (χ4n) is 2.31. The van der Waals surface area contributed by atoms with Gasteiger partial charge in [0.15, 0.2) is 0 Å². The zero-order valence-corrected chi connectivity index (χ0v) is 15.2. The minimum atomic E-state index is -3.46. The monoisotopic (exact) mass is 334 g/mol. The summed E-state index contributed by atoms with van der Waals surface area (Å²) in [6.45, 7) is 11.9. The molecule has 122 valence electrons. The van der Waals surface area contributed by atoms with Crippen LogP contribution in [0.4, 0.5) is 0 Å². The molecule has 1 heterocycles. The first-order valence-corrected chi connectivity index (χ1v) is 9.44. The highest BCUT2D eigenvalue weighted by Gasteiger charge is 2.27. The van der Waals surface area contributed by atoms with Gasteiger partial charge in [-0.15, -0.1) is 11.6 Å². The van der Waals surface area contributed by atoms with Crippen LogP contribution >= 0.6 is 11.6 Å². The fraction of sp³-hybridized carbons (Fsp3) is 0.733. The molecule has 0 saturated heterocycles. The average Bonchev–Trinajstić information content (AvgIpc) is 2.80. The molecule has 0 atom stereocenters. The number of sulfonamides is 1. The third-order valence-electron chi connectivity index (χ3n) is 3.21. The molecule has 0 unspecified atom stereocenters. The van der Waals surface area contributed by atoms with Gasteiger partial charge in [-0.25, -0.2) is 8.42 Å². The van der Waals surface area contributed by atoms with Crippen molar-refractivity contribution >= 4 is 21.6 Å². The van der Waals surface area contributed by atoms with E-state index in [0.717, 1.165) is 5.69 Å². The molecule has 0 aliphatic rings. The maximum absolute atomic E-state index is 12.9. The number of alkyl halides is 1. The lowest BCUT2D eigenvalue weighted by molar-refractivity contribution is 0.333. The van der Waals surface area contributed by atoms with E-state index in [1.807, 2.05) is 39.2 Å². The Morgan fingerprint density at radius 1 is 1.19 bits per heavy atom. The topological polar surface area (TPSA) is 42.3 Å². The molecule has 0 amide bonds. The Labute approximate surface area is 134 Å². The zero-order valence-electron chi connectivity index (χ0n) is 13.6. The van der Waals surface area contributed by atoms with E-state index in [4.69, 9.17) is 11.6 Å². The summed E-state index contributed by atoms with van der Waals surface area (Å²) in [5.74, 6) is 0.899. The number of hydrogen-bond acceptors (Lipinski definition) is 2. The van der Waals surface area contributed by atoms with Crippen LogP contribution < -0.4 is 0 Å². The van der Waals surface area contributed by atoms with Crippen LogP contribution in [0, 0.1) is 11.8 Å². The summed E-state index contributed by atoms with van der Waals surface area (Å²) in [6, 6.07) is 1.69. The summed E-state index contributed by atoms with van der Waals surface area (Å²) in [5.41, 5.74) is 0.840. The second-order valence-electron chi connectivity index (χ2n) is 6.20. The molecular formula is C15H27ClN2O2S. The Morgan fingerprint density at radius 3 is 2.05 bits per heavy atom. The van der Waals surface area contributed by atoms with Gasteiger partial charge in [0.25, 0.3) is 0 Å². The van der Waals surface area contributed by atoms with Crippen molar-refractivity contribution in [1.29, 1.82) is 0 Å². The molecule has 4 nitrogen and oxygen atoms in total. The van der Waals surface area contributed by atoms with Gasteiger partial charge in [0, 0.05) is 31.5 Å². The standard InChI is InChI=1S/C15H27ClN2O2S/c1-6-17-11-15(7-14(17)8-16)21(19,20)18(9-12(2)3)10-13(4)5/h7,11-13H,6,8-10H2,1-5H3. The first kappa shape index (κ1) is 18.5. The van der Waals surface area contributed by atoms with Crippen LogP contribution in [0.25, 0.3) is 0 Å². The summed E-state index contributed by atoms with van der Waals surface area (Å²) in [7, 11) is -3.46. The molecule has 0 spiro atoms. The van der Waals surface area contributed by atoms with Crippen LogP contribution in [-0.2, 0) is 22.4 Å². The van der Waals surface area contributed by atoms with Gasteiger partial charge >= 0.3 is 0 Å². The lowest BCUT2D eigenvalue weighted by Crippen LogP contribution is -2.36. The Bertz CT molecular complexity index is 519. The molecule has 0 radical (unpaired) electrons. The maximum atomic E-state index is 12.9. The maximum Gasteiger partial charge on any atom is 0.244 e. The number of hydrogen-bond donors (Lipinski definition) is 0. The lowest BCUT2D eigenvalue weighted by atomic mass is 10.2. The van der Waals surface area contributed by atoms with Crippen molar-refractivity contribution in [3.63, 3.8) is 0 Å². The van der Waals surface area contributed by atoms with Crippen molar-refractivity contribution in [2.45, 2.75) is 51.9 Å². The molecule has 1 aromatic rings. The highest BCUT2D eigenvalue weighted by atomic mass is 35.5. The number of nitrogens with zero attached hydrogens (tertiary/aromatic N) is 2. The van der Waals surface area contributed by atoms with Crippen molar-refractivity contribution in [1.82, 2.24) is 8.87 Å². The quantitative estimate of drug-likeness (QED) is 0.682. The number of aromatic nitrogens is 1. The predicted molar refractivity (Wildman–Crippen MR) is 88.1 cm³/mol. The molecule has 21 heavy (non-hydrogen) atoms. The van der Waals surface area contributed by atoms with E-state index < -0.39 is 10.0 Å². The van der Waals surface area contributed by atoms with Gasteiger partial charge in [0.05, 0.1) is 5.88 Å². The highest BCUT2D eigenvalue weighted by molar-refractivity contribution is 7.89. The van der Waals surface area contributed by atoms with Crippen molar-refractivity contribution in [3.05, 3.63) is 18.0 Å². The van der Waals surface area contributed by atoms with Crippen LogP contribution in [-0.4, -0.2) is 30.4 Å². The zero-order chi connectivity index (χ0) is 16.2. The molecule has 0 N–H and O–H groups in total. The molecule has 0 saturated carbocycles. The number of rotatable bonds is 8. The van der Waals surface area contributed by atoms with Crippen molar-refractivity contribution in [2.75, 3.05) is 13.1 Å². The largest absolute Gasteiger partial charge is 0.349 e. The van der Waals surface area contributed by atoms with Gasteiger partial charge in [-0.1, -0.05) is 27.7 Å². The van der Waals surface area contributed by atoms with Gasteiger partial charge in [0.1, 0.15) is 4.90 Å². The summed E-state index contributed by atoms with van der Waals surface area (Å²) in [4.78, 5) is 0.348. The van der Waals surface area contributed by atoms with E-state index in [-0.39, 0.29) is 0 Å². The Hall–Kier alpha value is -0.520. The van der Waals surface area contributed by atoms with Crippen molar-refractivity contribution in [3.8, 4) is 0 Å². The van der Waals surface area contributed by atoms with Crippen molar-refractivity contribution < 1.29 is 8.42 Å². The SMILES string of the molecule is CCn1cc(S(=O)(=O)N(CC(C)C)CC(C)C)cc1CCl. The fourth-order valence-corrected chi connectivity index (χ4v) is 4.37. The molecule has 1 aromatic heterocycles. The smallest absolute Gasteiger partial charge is 0.244 e. The van der Waals surface area contributed by atoms with Crippen LogP contribution in [0.15, 0.2) is 17.2 Å². The predicted octanol–water partition coefficient (Wildman–Crippen LogP) is 3.55. The molecule has 1 rings (SSSR count). The normalized spacial score (nSPS) is 12.8. The molecule has 0 fully saturated rings. The van der Waals surface area contributed by atoms with Crippen LogP contribution in [0.1, 0.15) is 40.3 Å². The second-order valence-corrected chi connectivity index (χ2v) is 8.40. The van der Waals surface area contributed by atoms with Gasteiger partial charge < -0.3 is 4.57 Å².